The molecule has 2 aromatic rings. The highest BCUT2D eigenvalue weighted by atomic mass is 19.4. The second kappa shape index (κ2) is 5.32. The molecule has 1 heterocycles. The lowest BCUT2D eigenvalue weighted by molar-refractivity contribution is -0.165. The number of pyridine rings is 1. The van der Waals surface area contributed by atoms with Gasteiger partial charge in [0.25, 0.3) is 5.78 Å². The molecule has 0 unspecified atom stereocenters. The maximum absolute atomic E-state index is 12.2. The molecule has 0 spiro atoms. The third-order valence-corrected chi connectivity index (χ3v) is 2.59. The van der Waals surface area contributed by atoms with Gasteiger partial charge < -0.3 is 5.32 Å². The number of anilines is 1. The lowest BCUT2D eigenvalue weighted by atomic mass is 10.2. The molecular weight excluding hydrogens is 269 g/mol. The fraction of sp³-hybridized carbons (Fsp3) is 0.143. The molecule has 1 aromatic carbocycles. The Morgan fingerprint density at radius 1 is 1.25 bits per heavy atom. The molecule has 0 saturated heterocycles. The van der Waals surface area contributed by atoms with E-state index >= 15 is 0 Å². The molecular formula is C14H11F3N2O. The van der Waals surface area contributed by atoms with Gasteiger partial charge in [-0.15, -0.1) is 0 Å². The van der Waals surface area contributed by atoms with Crippen molar-refractivity contribution in [2.24, 2.45) is 0 Å². The molecule has 20 heavy (non-hydrogen) atoms. The van der Waals surface area contributed by atoms with Crippen LogP contribution in [0.15, 0.2) is 48.3 Å². The predicted octanol–water partition coefficient (Wildman–Crippen LogP) is 3.68. The predicted molar refractivity (Wildman–Crippen MR) is 70.2 cm³/mol. The second-order valence-electron chi connectivity index (χ2n) is 4.20. The van der Waals surface area contributed by atoms with Crippen molar-refractivity contribution in [3.8, 4) is 0 Å². The Kier molecular flexibility index (Phi) is 3.74. The Balaban J connectivity index is 2.29. The number of carbonyl (C=O) groups excluding carboxylic acids is 1. The number of rotatable bonds is 3. The fourth-order valence-electron chi connectivity index (χ4n) is 1.73. The number of fused-ring (bicyclic) bond motifs is 1. The van der Waals surface area contributed by atoms with Gasteiger partial charge in [0.1, 0.15) is 0 Å². The van der Waals surface area contributed by atoms with Gasteiger partial charge >= 0.3 is 6.18 Å². The minimum Gasteiger partial charge on any atom is -0.357 e. The molecule has 3 nitrogen and oxygen atoms in total. The lowest BCUT2D eigenvalue weighted by Crippen LogP contribution is -2.21. The highest BCUT2D eigenvalue weighted by Crippen LogP contribution is 2.23. The van der Waals surface area contributed by atoms with Crippen LogP contribution in [0.1, 0.15) is 6.92 Å². The third kappa shape index (κ3) is 3.14. The van der Waals surface area contributed by atoms with Gasteiger partial charge in [-0.05, 0) is 19.1 Å². The van der Waals surface area contributed by atoms with Gasteiger partial charge in [0.05, 0.1) is 11.2 Å². The summed E-state index contributed by atoms with van der Waals surface area (Å²) in [5, 5.41) is 3.62. The molecule has 6 heteroatoms. The maximum Gasteiger partial charge on any atom is 0.454 e. The van der Waals surface area contributed by atoms with Gasteiger partial charge in [-0.2, -0.15) is 13.2 Å². The number of hydrogen-bond acceptors (Lipinski definition) is 3. The van der Waals surface area contributed by atoms with Crippen molar-refractivity contribution in [1.82, 2.24) is 4.98 Å². The van der Waals surface area contributed by atoms with Crippen molar-refractivity contribution in [2.75, 3.05) is 5.32 Å². The van der Waals surface area contributed by atoms with Crippen molar-refractivity contribution in [2.45, 2.75) is 13.1 Å². The zero-order chi connectivity index (χ0) is 14.8. The molecule has 1 N–H and O–H groups in total. The Morgan fingerprint density at radius 2 is 1.95 bits per heavy atom. The van der Waals surface area contributed by atoms with Crippen LogP contribution in [0.5, 0.6) is 0 Å². The summed E-state index contributed by atoms with van der Waals surface area (Å²) < 4.78 is 36.5. The van der Waals surface area contributed by atoms with E-state index in [1.165, 1.54) is 6.92 Å². The van der Waals surface area contributed by atoms with Crippen molar-refractivity contribution in [3.05, 3.63) is 48.3 Å². The van der Waals surface area contributed by atoms with E-state index in [0.717, 1.165) is 5.39 Å². The number of allylic oxidation sites excluding steroid dienone is 2. The van der Waals surface area contributed by atoms with E-state index in [-0.39, 0.29) is 5.70 Å². The molecule has 0 amide bonds. The van der Waals surface area contributed by atoms with Crippen LogP contribution >= 0.6 is 0 Å². The molecule has 0 atom stereocenters. The molecule has 0 aliphatic rings. The number of hydrogen-bond donors (Lipinski definition) is 1. The number of nitrogens with zero attached hydrogens (tertiary/aromatic N) is 1. The molecule has 0 bridgehead atoms. The Labute approximate surface area is 113 Å². The molecule has 0 radical (unpaired) electrons. The first-order valence-corrected chi connectivity index (χ1v) is 5.78. The summed E-state index contributed by atoms with van der Waals surface area (Å²) in [7, 11) is 0. The Hall–Kier alpha value is -2.37. The van der Waals surface area contributed by atoms with Gasteiger partial charge in [0.15, 0.2) is 0 Å². The molecule has 0 aliphatic heterocycles. The molecule has 0 saturated carbocycles. The first kappa shape index (κ1) is 14.0. The van der Waals surface area contributed by atoms with Crippen LogP contribution in [-0.2, 0) is 4.79 Å². The number of nitrogens with one attached hydrogen (secondary N) is 1. The maximum atomic E-state index is 12.2. The van der Waals surface area contributed by atoms with Crippen LogP contribution in [0.2, 0.25) is 0 Å². The molecule has 0 fully saturated rings. The van der Waals surface area contributed by atoms with Crippen LogP contribution in [0.4, 0.5) is 18.9 Å². The normalized spacial score (nSPS) is 12.5. The summed E-state index contributed by atoms with van der Waals surface area (Å²) in [6, 6.07) is 8.89. The van der Waals surface area contributed by atoms with Gasteiger partial charge in [0.2, 0.25) is 0 Å². The third-order valence-electron chi connectivity index (χ3n) is 2.59. The van der Waals surface area contributed by atoms with Crippen molar-refractivity contribution >= 4 is 22.4 Å². The van der Waals surface area contributed by atoms with E-state index in [4.69, 9.17) is 0 Å². The van der Waals surface area contributed by atoms with Crippen LogP contribution < -0.4 is 5.32 Å². The van der Waals surface area contributed by atoms with Crippen LogP contribution in [0.25, 0.3) is 10.9 Å². The Bertz CT molecular complexity index is 672. The summed E-state index contributed by atoms with van der Waals surface area (Å²) in [5.41, 5.74) is 1.28. The number of halogens is 3. The summed E-state index contributed by atoms with van der Waals surface area (Å²) in [5.74, 6) is -1.89. The highest BCUT2D eigenvalue weighted by Gasteiger charge is 2.36. The Morgan fingerprint density at radius 3 is 2.65 bits per heavy atom. The number of aromatic nitrogens is 1. The highest BCUT2D eigenvalue weighted by molar-refractivity contribution is 5.96. The van der Waals surface area contributed by atoms with E-state index in [0.29, 0.717) is 17.3 Å². The fourth-order valence-corrected chi connectivity index (χ4v) is 1.73. The zero-order valence-electron chi connectivity index (χ0n) is 10.5. The average Bonchev–Trinajstić information content (AvgIpc) is 2.38. The smallest absolute Gasteiger partial charge is 0.357 e. The summed E-state index contributed by atoms with van der Waals surface area (Å²) in [4.78, 5) is 15.0. The number of ketones is 1. The first-order valence-electron chi connectivity index (χ1n) is 5.78. The SMILES string of the molecule is C/C(=C/C(=O)C(F)(F)F)Nc1cccc2cccnc12. The number of para-hydroxylation sites is 1. The van der Waals surface area contributed by atoms with Crippen molar-refractivity contribution in [1.29, 1.82) is 0 Å². The molecule has 2 rings (SSSR count). The van der Waals surface area contributed by atoms with Gasteiger partial charge in [-0.25, -0.2) is 0 Å². The lowest BCUT2D eigenvalue weighted by Gasteiger charge is -2.09. The molecule has 1 aromatic heterocycles. The van der Waals surface area contributed by atoms with Gasteiger partial charge in [0, 0.05) is 23.4 Å². The number of benzene rings is 1. The van der Waals surface area contributed by atoms with Crippen LogP contribution in [0.3, 0.4) is 0 Å². The van der Waals surface area contributed by atoms with E-state index in [2.05, 4.69) is 10.3 Å². The topological polar surface area (TPSA) is 42.0 Å². The summed E-state index contributed by atoms with van der Waals surface area (Å²) >= 11 is 0. The monoisotopic (exact) mass is 280 g/mol. The van der Waals surface area contributed by atoms with E-state index in [1.807, 2.05) is 12.1 Å². The average molecular weight is 280 g/mol. The minimum absolute atomic E-state index is 0.102. The second-order valence-corrected chi connectivity index (χ2v) is 4.20. The minimum atomic E-state index is -4.86. The van der Waals surface area contributed by atoms with Crippen molar-refractivity contribution in [3.63, 3.8) is 0 Å². The molecule has 104 valence electrons. The first-order chi connectivity index (χ1) is 9.38. The number of alkyl halides is 3. The summed E-state index contributed by atoms with van der Waals surface area (Å²) in [6.07, 6.45) is -2.74. The van der Waals surface area contributed by atoms with Crippen LogP contribution in [-0.4, -0.2) is 16.9 Å². The van der Waals surface area contributed by atoms with E-state index in [1.54, 1.807) is 24.4 Å². The standard InChI is InChI=1S/C14H11F3N2O/c1-9(8-12(20)14(15,16)17)19-11-6-2-4-10-5-3-7-18-13(10)11/h2-8,19H,1H3/b9-8-. The zero-order valence-corrected chi connectivity index (χ0v) is 10.5. The van der Waals surface area contributed by atoms with Crippen LogP contribution in [0, 0.1) is 0 Å². The largest absolute Gasteiger partial charge is 0.454 e. The quantitative estimate of drug-likeness (QED) is 0.872. The van der Waals surface area contributed by atoms with Crippen molar-refractivity contribution < 1.29 is 18.0 Å². The van der Waals surface area contributed by atoms with Gasteiger partial charge in [-0.1, -0.05) is 18.2 Å². The summed E-state index contributed by atoms with van der Waals surface area (Å²) in [6.45, 7) is 1.39. The van der Waals surface area contributed by atoms with E-state index < -0.39 is 12.0 Å². The van der Waals surface area contributed by atoms with Gasteiger partial charge in [-0.3, -0.25) is 9.78 Å². The number of carbonyl (C=O) groups is 1. The molecule has 0 aliphatic carbocycles. The van der Waals surface area contributed by atoms with E-state index in [9.17, 15) is 18.0 Å².